The molecule has 0 N–H and O–H groups in total. The molecule has 1 aliphatic heterocycles. The van der Waals surface area contributed by atoms with Gasteiger partial charge in [0.25, 0.3) is 11.8 Å². The number of benzene rings is 2. The van der Waals surface area contributed by atoms with E-state index in [-0.39, 0.29) is 17.6 Å². The van der Waals surface area contributed by atoms with Gasteiger partial charge < -0.3 is 0 Å². The molecule has 0 spiro atoms. The van der Waals surface area contributed by atoms with E-state index in [4.69, 9.17) is 0 Å². The predicted molar refractivity (Wildman–Crippen MR) is 74.0 cm³/mol. The van der Waals surface area contributed by atoms with Crippen LogP contribution in [0.1, 0.15) is 38.0 Å². The number of carbonyl (C=O) groups excluding carboxylic acids is 3. The number of para-hydroxylation sites is 1. The van der Waals surface area contributed by atoms with Gasteiger partial charge in [-0.1, -0.05) is 24.3 Å². The maximum atomic E-state index is 12.4. The molecule has 0 atom stereocenters. The van der Waals surface area contributed by atoms with Crippen LogP contribution in [0.15, 0.2) is 48.5 Å². The van der Waals surface area contributed by atoms with Gasteiger partial charge >= 0.3 is 0 Å². The molecule has 0 saturated heterocycles. The van der Waals surface area contributed by atoms with Crippen LogP contribution in [-0.4, -0.2) is 17.6 Å². The molecule has 0 aliphatic carbocycles. The molecule has 2 aromatic carbocycles. The Balaban J connectivity index is 2.17. The number of hydrogen-bond donors (Lipinski definition) is 0. The molecular weight excluding hydrogens is 254 g/mol. The van der Waals surface area contributed by atoms with Crippen molar-refractivity contribution in [1.82, 2.24) is 0 Å². The lowest BCUT2D eigenvalue weighted by molar-refractivity contribution is 0.0926. The molecule has 0 aromatic heterocycles. The van der Waals surface area contributed by atoms with Gasteiger partial charge in [0.2, 0.25) is 0 Å². The third-order valence-corrected chi connectivity index (χ3v) is 3.32. The molecule has 0 saturated carbocycles. The summed E-state index contributed by atoms with van der Waals surface area (Å²) in [6.45, 7) is 1.41. The number of fused-ring (bicyclic) bond motifs is 1. The first-order chi connectivity index (χ1) is 9.61. The first-order valence-electron chi connectivity index (χ1n) is 6.19. The zero-order valence-corrected chi connectivity index (χ0v) is 10.8. The Morgan fingerprint density at radius 2 is 1.35 bits per heavy atom. The van der Waals surface area contributed by atoms with Crippen LogP contribution >= 0.6 is 0 Å². The maximum Gasteiger partial charge on any atom is 0.266 e. The second-order valence-electron chi connectivity index (χ2n) is 4.56. The van der Waals surface area contributed by atoms with Crippen LogP contribution in [0.5, 0.6) is 0 Å². The molecular formula is C16H11NO3. The summed E-state index contributed by atoms with van der Waals surface area (Å²) in [5, 5.41) is 0. The van der Waals surface area contributed by atoms with E-state index in [0.717, 1.165) is 4.90 Å². The summed E-state index contributed by atoms with van der Waals surface area (Å²) >= 11 is 0. The van der Waals surface area contributed by atoms with Gasteiger partial charge in [0, 0.05) is 5.56 Å². The summed E-state index contributed by atoms with van der Waals surface area (Å²) in [7, 11) is 0. The monoisotopic (exact) mass is 265 g/mol. The summed E-state index contributed by atoms with van der Waals surface area (Å²) in [4.78, 5) is 37.5. The third-order valence-electron chi connectivity index (χ3n) is 3.32. The van der Waals surface area contributed by atoms with Crippen molar-refractivity contribution in [3.05, 3.63) is 65.2 Å². The average molecular weight is 265 g/mol. The molecule has 0 bridgehead atoms. The van der Waals surface area contributed by atoms with Crippen molar-refractivity contribution < 1.29 is 14.4 Å². The number of imide groups is 1. The fourth-order valence-electron chi connectivity index (χ4n) is 2.37. The standard InChI is InChI=1S/C16H11NO3/c1-10(18)11-6-4-5-9-14(11)17-15(19)12-7-2-3-8-13(12)16(17)20/h2-9H,1H3. The zero-order valence-electron chi connectivity index (χ0n) is 10.8. The Labute approximate surface area is 115 Å². The summed E-state index contributed by atoms with van der Waals surface area (Å²) in [5.41, 5.74) is 1.44. The third kappa shape index (κ3) is 1.66. The highest BCUT2D eigenvalue weighted by atomic mass is 16.2. The number of amides is 2. The molecule has 0 radical (unpaired) electrons. The van der Waals surface area contributed by atoms with E-state index in [1.54, 1.807) is 48.5 Å². The molecule has 0 unspecified atom stereocenters. The molecule has 2 aromatic rings. The van der Waals surface area contributed by atoms with Gasteiger partial charge in [-0.15, -0.1) is 0 Å². The summed E-state index contributed by atoms with van der Waals surface area (Å²) in [6, 6.07) is 13.3. The highest BCUT2D eigenvalue weighted by molar-refractivity contribution is 6.35. The Morgan fingerprint density at radius 1 is 0.850 bits per heavy atom. The van der Waals surface area contributed by atoms with E-state index in [1.165, 1.54) is 6.92 Å². The topological polar surface area (TPSA) is 54.5 Å². The lowest BCUT2D eigenvalue weighted by Crippen LogP contribution is -2.30. The molecule has 2 amide bonds. The Kier molecular flexibility index (Phi) is 2.71. The first kappa shape index (κ1) is 12.3. The Morgan fingerprint density at radius 3 is 1.90 bits per heavy atom. The minimum atomic E-state index is -0.390. The molecule has 20 heavy (non-hydrogen) atoms. The van der Waals surface area contributed by atoms with E-state index >= 15 is 0 Å². The number of carbonyl (C=O) groups is 3. The van der Waals surface area contributed by atoms with Gasteiger partial charge in [-0.25, -0.2) is 4.90 Å². The molecule has 0 fully saturated rings. The van der Waals surface area contributed by atoms with E-state index in [1.807, 2.05) is 0 Å². The van der Waals surface area contributed by atoms with Crippen molar-refractivity contribution in [2.75, 3.05) is 4.90 Å². The number of nitrogens with zero attached hydrogens (tertiary/aromatic N) is 1. The highest BCUT2D eigenvalue weighted by Crippen LogP contribution is 2.30. The summed E-state index contributed by atoms with van der Waals surface area (Å²) in [6.07, 6.45) is 0. The minimum absolute atomic E-state index is 0.183. The van der Waals surface area contributed by atoms with Crippen LogP contribution in [0.3, 0.4) is 0 Å². The van der Waals surface area contributed by atoms with Crippen molar-refractivity contribution in [3.8, 4) is 0 Å². The normalized spacial score (nSPS) is 13.6. The SMILES string of the molecule is CC(=O)c1ccccc1N1C(=O)c2ccccc2C1=O. The number of anilines is 1. The maximum absolute atomic E-state index is 12.4. The average Bonchev–Trinajstić information content (AvgIpc) is 2.71. The summed E-state index contributed by atoms with van der Waals surface area (Å²) in [5.74, 6) is -0.962. The quantitative estimate of drug-likeness (QED) is 0.619. The van der Waals surface area contributed by atoms with Gasteiger partial charge in [0.15, 0.2) is 5.78 Å². The minimum Gasteiger partial charge on any atom is -0.294 e. The number of Topliss-reactive ketones (excluding diaryl/α,β-unsaturated/α-hetero) is 1. The van der Waals surface area contributed by atoms with E-state index in [9.17, 15) is 14.4 Å². The second-order valence-corrected chi connectivity index (χ2v) is 4.56. The van der Waals surface area contributed by atoms with Crippen molar-refractivity contribution in [1.29, 1.82) is 0 Å². The zero-order chi connectivity index (χ0) is 14.3. The smallest absolute Gasteiger partial charge is 0.266 e. The highest BCUT2D eigenvalue weighted by Gasteiger charge is 2.37. The van der Waals surface area contributed by atoms with E-state index in [0.29, 0.717) is 22.4 Å². The van der Waals surface area contributed by atoms with Crippen LogP contribution < -0.4 is 4.90 Å². The molecule has 1 aliphatic rings. The van der Waals surface area contributed by atoms with Crippen LogP contribution in [-0.2, 0) is 0 Å². The number of ketones is 1. The second kappa shape index (κ2) is 4.42. The number of hydrogen-bond acceptors (Lipinski definition) is 3. The first-order valence-corrected chi connectivity index (χ1v) is 6.19. The summed E-state index contributed by atoms with van der Waals surface area (Å²) < 4.78 is 0. The fourth-order valence-corrected chi connectivity index (χ4v) is 2.37. The number of rotatable bonds is 2. The van der Waals surface area contributed by atoms with Crippen molar-refractivity contribution in [2.45, 2.75) is 6.92 Å². The fraction of sp³-hybridized carbons (Fsp3) is 0.0625. The lowest BCUT2D eigenvalue weighted by Gasteiger charge is -2.16. The van der Waals surface area contributed by atoms with Gasteiger partial charge in [-0.2, -0.15) is 0 Å². The van der Waals surface area contributed by atoms with Gasteiger partial charge in [-0.3, -0.25) is 14.4 Å². The van der Waals surface area contributed by atoms with Crippen LogP contribution in [0.25, 0.3) is 0 Å². The lowest BCUT2D eigenvalue weighted by atomic mass is 10.1. The van der Waals surface area contributed by atoms with Crippen molar-refractivity contribution >= 4 is 23.3 Å². The molecule has 4 heteroatoms. The van der Waals surface area contributed by atoms with Gasteiger partial charge in [-0.05, 0) is 31.2 Å². The van der Waals surface area contributed by atoms with E-state index in [2.05, 4.69) is 0 Å². The predicted octanol–water partition coefficient (Wildman–Crippen LogP) is 2.69. The van der Waals surface area contributed by atoms with Gasteiger partial charge in [0.05, 0.1) is 16.8 Å². The van der Waals surface area contributed by atoms with Crippen LogP contribution in [0, 0.1) is 0 Å². The largest absolute Gasteiger partial charge is 0.294 e. The van der Waals surface area contributed by atoms with Crippen LogP contribution in [0.4, 0.5) is 5.69 Å². The van der Waals surface area contributed by atoms with Gasteiger partial charge in [0.1, 0.15) is 0 Å². The molecule has 1 heterocycles. The van der Waals surface area contributed by atoms with Crippen molar-refractivity contribution in [3.63, 3.8) is 0 Å². The Hall–Kier alpha value is -2.75. The Bertz CT molecular complexity index is 714. The molecule has 98 valence electrons. The molecule has 3 rings (SSSR count). The molecule has 4 nitrogen and oxygen atoms in total. The van der Waals surface area contributed by atoms with Crippen molar-refractivity contribution in [2.24, 2.45) is 0 Å². The van der Waals surface area contributed by atoms with E-state index < -0.39 is 0 Å². The van der Waals surface area contributed by atoms with Crippen LogP contribution in [0.2, 0.25) is 0 Å².